The van der Waals surface area contributed by atoms with Crippen LogP contribution < -0.4 is 15.8 Å². The Labute approximate surface area is 167 Å². The first kappa shape index (κ1) is 20.3. The number of carbonyl (C=O) groups is 2. The molecule has 9 nitrogen and oxygen atoms in total. The van der Waals surface area contributed by atoms with E-state index in [2.05, 4.69) is 10.9 Å². The van der Waals surface area contributed by atoms with Crippen molar-refractivity contribution in [2.75, 3.05) is 31.2 Å². The predicted octanol–water partition coefficient (Wildman–Crippen LogP) is 2.12. The van der Waals surface area contributed by atoms with E-state index >= 15 is 0 Å². The summed E-state index contributed by atoms with van der Waals surface area (Å²) >= 11 is 0. The van der Waals surface area contributed by atoms with Gasteiger partial charge in [-0.3, -0.25) is 30.6 Å². The maximum absolute atomic E-state index is 12.8. The van der Waals surface area contributed by atoms with E-state index in [-0.39, 0.29) is 11.3 Å². The normalized spacial score (nSPS) is 13.7. The van der Waals surface area contributed by atoms with Gasteiger partial charge in [-0.1, -0.05) is 17.7 Å². The van der Waals surface area contributed by atoms with Crippen molar-refractivity contribution >= 4 is 23.2 Å². The Balaban J connectivity index is 1.80. The van der Waals surface area contributed by atoms with Crippen molar-refractivity contribution in [3.63, 3.8) is 0 Å². The molecule has 2 aromatic rings. The summed E-state index contributed by atoms with van der Waals surface area (Å²) in [5.41, 5.74) is 7.45. The van der Waals surface area contributed by atoms with Crippen molar-refractivity contribution in [2.45, 2.75) is 13.8 Å². The fourth-order valence-electron chi connectivity index (χ4n) is 3.22. The van der Waals surface area contributed by atoms with Gasteiger partial charge in [0.1, 0.15) is 0 Å². The number of hydrazine groups is 1. The van der Waals surface area contributed by atoms with Gasteiger partial charge in [0.05, 0.1) is 29.4 Å². The van der Waals surface area contributed by atoms with Crippen LogP contribution in [0.2, 0.25) is 0 Å². The average Bonchev–Trinajstić information content (AvgIpc) is 2.72. The summed E-state index contributed by atoms with van der Waals surface area (Å²) in [5, 5.41) is 11.1. The van der Waals surface area contributed by atoms with E-state index in [1.54, 1.807) is 25.1 Å². The van der Waals surface area contributed by atoms with Gasteiger partial charge >= 0.3 is 0 Å². The summed E-state index contributed by atoms with van der Waals surface area (Å²) in [6, 6.07) is 9.47. The van der Waals surface area contributed by atoms with Gasteiger partial charge in [0.25, 0.3) is 17.5 Å². The number of anilines is 1. The minimum absolute atomic E-state index is 0.113. The Morgan fingerprint density at radius 1 is 1.00 bits per heavy atom. The van der Waals surface area contributed by atoms with E-state index in [4.69, 9.17) is 4.74 Å². The second-order valence-electron chi connectivity index (χ2n) is 6.78. The van der Waals surface area contributed by atoms with Crippen LogP contribution in [0.5, 0.6) is 0 Å². The molecule has 0 unspecified atom stereocenters. The molecule has 0 saturated carbocycles. The van der Waals surface area contributed by atoms with Gasteiger partial charge in [-0.15, -0.1) is 0 Å². The fraction of sp³-hybridized carbons (Fsp3) is 0.300. The van der Waals surface area contributed by atoms with Gasteiger partial charge in [-0.2, -0.15) is 0 Å². The molecule has 0 bridgehead atoms. The number of nitrogens with one attached hydrogen (secondary N) is 2. The molecule has 3 rings (SSSR count). The standard InChI is InChI=1S/C20H22N4O5/c1-13-3-5-16(14(2)11-13)19(25)21-22-20(26)17-12-15(24(27)28)4-6-18(17)23-7-9-29-10-8-23/h3-6,11-12H,7-10H2,1-2H3,(H,21,25)(H,22,26). The lowest BCUT2D eigenvalue weighted by Gasteiger charge is -2.30. The number of rotatable bonds is 4. The van der Waals surface area contributed by atoms with Gasteiger partial charge in [0.15, 0.2) is 0 Å². The molecule has 1 heterocycles. The van der Waals surface area contributed by atoms with Crippen LogP contribution in [0.3, 0.4) is 0 Å². The number of carbonyl (C=O) groups excluding carboxylic acids is 2. The number of nitrogens with zero attached hydrogens (tertiary/aromatic N) is 2. The maximum atomic E-state index is 12.8. The van der Waals surface area contributed by atoms with E-state index in [0.29, 0.717) is 37.6 Å². The van der Waals surface area contributed by atoms with E-state index in [9.17, 15) is 19.7 Å². The van der Waals surface area contributed by atoms with Crippen molar-refractivity contribution in [3.05, 3.63) is 68.8 Å². The zero-order chi connectivity index (χ0) is 21.0. The van der Waals surface area contributed by atoms with Crippen molar-refractivity contribution in [2.24, 2.45) is 0 Å². The molecule has 0 aliphatic carbocycles. The molecule has 1 aliphatic heterocycles. The summed E-state index contributed by atoms with van der Waals surface area (Å²) in [5.74, 6) is -1.09. The molecule has 0 aromatic heterocycles. The van der Waals surface area contributed by atoms with Gasteiger partial charge in [0, 0.05) is 30.8 Å². The lowest BCUT2D eigenvalue weighted by Crippen LogP contribution is -2.43. The Kier molecular flexibility index (Phi) is 6.08. The highest BCUT2D eigenvalue weighted by atomic mass is 16.6. The highest BCUT2D eigenvalue weighted by Gasteiger charge is 2.22. The maximum Gasteiger partial charge on any atom is 0.272 e. The van der Waals surface area contributed by atoms with Crippen molar-refractivity contribution in [3.8, 4) is 0 Å². The van der Waals surface area contributed by atoms with Crippen LogP contribution in [-0.4, -0.2) is 43.0 Å². The monoisotopic (exact) mass is 398 g/mol. The second kappa shape index (κ2) is 8.70. The fourth-order valence-corrected chi connectivity index (χ4v) is 3.22. The first-order chi connectivity index (χ1) is 13.9. The summed E-state index contributed by atoms with van der Waals surface area (Å²) in [4.78, 5) is 37.7. The third kappa shape index (κ3) is 4.69. The van der Waals surface area contributed by atoms with Gasteiger partial charge < -0.3 is 9.64 Å². The highest BCUT2D eigenvalue weighted by molar-refractivity contribution is 6.03. The molecule has 0 atom stereocenters. The lowest BCUT2D eigenvalue weighted by atomic mass is 10.1. The molecule has 2 amide bonds. The van der Waals surface area contributed by atoms with Crippen LogP contribution in [0.1, 0.15) is 31.8 Å². The average molecular weight is 398 g/mol. The molecule has 1 aliphatic rings. The van der Waals surface area contributed by atoms with E-state index in [1.165, 1.54) is 12.1 Å². The van der Waals surface area contributed by atoms with Crippen molar-refractivity contribution < 1.29 is 19.2 Å². The molecule has 2 N–H and O–H groups in total. The Hall–Kier alpha value is -3.46. The van der Waals surface area contributed by atoms with Crippen LogP contribution >= 0.6 is 0 Å². The smallest absolute Gasteiger partial charge is 0.272 e. The summed E-state index contributed by atoms with van der Waals surface area (Å²) < 4.78 is 5.32. The largest absolute Gasteiger partial charge is 0.378 e. The number of ether oxygens (including phenoxy) is 1. The summed E-state index contributed by atoms with van der Waals surface area (Å²) in [6.07, 6.45) is 0. The molecule has 1 fully saturated rings. The first-order valence-electron chi connectivity index (χ1n) is 9.16. The van der Waals surface area contributed by atoms with Gasteiger partial charge in [0.2, 0.25) is 0 Å². The minimum Gasteiger partial charge on any atom is -0.378 e. The summed E-state index contributed by atoms with van der Waals surface area (Å²) in [7, 11) is 0. The van der Waals surface area contributed by atoms with E-state index in [0.717, 1.165) is 11.1 Å². The molecule has 152 valence electrons. The quantitative estimate of drug-likeness (QED) is 0.602. The molecular weight excluding hydrogens is 376 g/mol. The van der Waals surface area contributed by atoms with Crippen molar-refractivity contribution in [1.82, 2.24) is 10.9 Å². The number of non-ortho nitro benzene ring substituents is 1. The Morgan fingerprint density at radius 3 is 2.28 bits per heavy atom. The third-order valence-corrected chi connectivity index (χ3v) is 4.70. The molecule has 2 aromatic carbocycles. The zero-order valence-corrected chi connectivity index (χ0v) is 16.2. The number of nitro groups is 1. The van der Waals surface area contributed by atoms with Crippen LogP contribution in [0.4, 0.5) is 11.4 Å². The first-order valence-corrected chi connectivity index (χ1v) is 9.16. The van der Waals surface area contributed by atoms with Crippen molar-refractivity contribution in [1.29, 1.82) is 0 Å². The van der Waals surface area contributed by atoms with Gasteiger partial charge in [-0.25, -0.2) is 0 Å². The lowest BCUT2D eigenvalue weighted by molar-refractivity contribution is -0.384. The molecule has 1 saturated heterocycles. The van der Waals surface area contributed by atoms with Gasteiger partial charge in [-0.05, 0) is 31.5 Å². The number of morpholine rings is 1. The minimum atomic E-state index is -0.631. The Morgan fingerprint density at radius 2 is 1.66 bits per heavy atom. The topological polar surface area (TPSA) is 114 Å². The number of hydrogen-bond acceptors (Lipinski definition) is 6. The molecule has 9 heteroatoms. The molecular formula is C20H22N4O5. The summed E-state index contributed by atoms with van der Waals surface area (Å²) in [6.45, 7) is 5.86. The number of amides is 2. The molecule has 0 spiro atoms. The molecule has 0 radical (unpaired) electrons. The zero-order valence-electron chi connectivity index (χ0n) is 16.2. The van der Waals surface area contributed by atoms with Crippen LogP contribution in [0, 0.1) is 24.0 Å². The predicted molar refractivity (Wildman–Crippen MR) is 107 cm³/mol. The number of nitro benzene ring substituents is 1. The van der Waals surface area contributed by atoms with E-state index in [1.807, 2.05) is 17.9 Å². The third-order valence-electron chi connectivity index (χ3n) is 4.70. The van der Waals surface area contributed by atoms with Crippen LogP contribution in [0.25, 0.3) is 0 Å². The van der Waals surface area contributed by atoms with Crippen LogP contribution in [0.15, 0.2) is 36.4 Å². The second-order valence-corrected chi connectivity index (χ2v) is 6.78. The SMILES string of the molecule is Cc1ccc(C(=O)NNC(=O)c2cc([N+](=O)[O-])ccc2N2CCOCC2)c(C)c1. The number of aryl methyl sites for hydroxylation is 2. The number of benzene rings is 2. The van der Waals surface area contributed by atoms with E-state index < -0.39 is 16.7 Å². The Bertz CT molecular complexity index is 954. The molecule has 29 heavy (non-hydrogen) atoms. The number of hydrogen-bond donors (Lipinski definition) is 2. The van der Waals surface area contributed by atoms with Crippen LogP contribution in [-0.2, 0) is 4.74 Å². The highest BCUT2D eigenvalue weighted by Crippen LogP contribution is 2.26.